The van der Waals surface area contributed by atoms with Crippen molar-refractivity contribution in [2.45, 2.75) is 5.41 Å². The fourth-order valence-corrected chi connectivity index (χ4v) is 5.87. The van der Waals surface area contributed by atoms with Crippen LogP contribution < -0.4 is 0 Å². The molecule has 0 radical (unpaired) electrons. The SMILES string of the molecule is Oc1ccccc1-c1cccc(-c2cccc(C3(c4ccccn4)c4ccccc4-c4ccccc43)n2)c1. The number of phenols is 1. The Morgan fingerprint density at radius 1 is 0.500 bits per heavy atom. The van der Waals surface area contributed by atoms with Crippen LogP contribution in [0.15, 0.2) is 140 Å². The molecule has 0 bridgehead atoms. The van der Waals surface area contributed by atoms with Crippen LogP contribution in [0.2, 0.25) is 0 Å². The molecular formula is C35H24N2O. The molecule has 0 amide bonds. The maximum absolute atomic E-state index is 10.4. The van der Waals surface area contributed by atoms with Crippen LogP contribution in [0, 0.1) is 0 Å². The molecule has 0 fully saturated rings. The van der Waals surface area contributed by atoms with E-state index in [0.29, 0.717) is 0 Å². The summed E-state index contributed by atoms with van der Waals surface area (Å²) in [5.74, 6) is 0.264. The van der Waals surface area contributed by atoms with Crippen LogP contribution in [0.1, 0.15) is 22.5 Å². The highest BCUT2D eigenvalue weighted by atomic mass is 16.3. The standard InChI is InChI=1S/C35H24N2O/c38-32-19-6-3-13-26(32)24-11-9-12-25(23-24)31-18-10-21-34(37-31)35(33-20-7-8-22-36-33)29-16-4-1-14-27(29)28-15-2-5-17-30(28)35/h1-23,38H. The van der Waals surface area contributed by atoms with E-state index >= 15 is 0 Å². The average molecular weight is 489 g/mol. The number of phenolic OH excluding ortho intramolecular Hbond substituents is 1. The van der Waals surface area contributed by atoms with Gasteiger partial charge in [0, 0.05) is 17.3 Å². The number of hydrogen-bond donors (Lipinski definition) is 1. The molecular weight excluding hydrogens is 464 g/mol. The second kappa shape index (κ2) is 8.82. The maximum Gasteiger partial charge on any atom is 0.123 e. The lowest BCUT2D eigenvalue weighted by Gasteiger charge is -2.31. The summed E-state index contributed by atoms with van der Waals surface area (Å²) >= 11 is 0. The number of aromatic nitrogens is 2. The number of nitrogens with zero attached hydrogens (tertiary/aromatic N) is 2. The lowest BCUT2D eigenvalue weighted by Crippen LogP contribution is -2.31. The smallest absolute Gasteiger partial charge is 0.123 e. The predicted octanol–water partition coefficient (Wildman–Crippen LogP) is 7.88. The summed E-state index contributed by atoms with van der Waals surface area (Å²) in [6.45, 7) is 0. The molecule has 2 heterocycles. The largest absolute Gasteiger partial charge is 0.507 e. The van der Waals surface area contributed by atoms with Gasteiger partial charge in [0.05, 0.1) is 17.1 Å². The van der Waals surface area contributed by atoms with Gasteiger partial charge >= 0.3 is 0 Å². The molecule has 3 nitrogen and oxygen atoms in total. The van der Waals surface area contributed by atoms with Gasteiger partial charge in [-0.1, -0.05) is 97.1 Å². The number of pyridine rings is 2. The third-order valence-corrected chi connectivity index (χ3v) is 7.51. The van der Waals surface area contributed by atoms with Crippen LogP contribution in [-0.2, 0) is 5.41 Å². The number of fused-ring (bicyclic) bond motifs is 3. The normalized spacial score (nSPS) is 13.1. The van der Waals surface area contributed by atoms with Gasteiger partial charge in [-0.15, -0.1) is 0 Å². The van der Waals surface area contributed by atoms with Gasteiger partial charge in [-0.2, -0.15) is 0 Å². The van der Waals surface area contributed by atoms with Crippen molar-refractivity contribution in [1.82, 2.24) is 9.97 Å². The third-order valence-electron chi connectivity index (χ3n) is 7.51. The van der Waals surface area contributed by atoms with E-state index in [2.05, 4.69) is 78.9 Å². The Bertz CT molecular complexity index is 1750. The summed E-state index contributed by atoms with van der Waals surface area (Å²) < 4.78 is 0. The van der Waals surface area contributed by atoms with Crippen LogP contribution in [0.5, 0.6) is 5.75 Å². The zero-order valence-electron chi connectivity index (χ0n) is 20.6. The minimum atomic E-state index is -0.639. The molecule has 4 aromatic carbocycles. The Balaban J connectivity index is 1.47. The second-order valence-electron chi connectivity index (χ2n) is 9.56. The molecule has 0 saturated heterocycles. The first-order valence-corrected chi connectivity index (χ1v) is 12.7. The van der Waals surface area contributed by atoms with E-state index in [-0.39, 0.29) is 5.75 Å². The van der Waals surface area contributed by atoms with Crippen molar-refractivity contribution >= 4 is 0 Å². The summed E-state index contributed by atoms with van der Waals surface area (Å²) in [4.78, 5) is 10.2. The Hall–Kier alpha value is -5.02. The first kappa shape index (κ1) is 22.2. The summed E-state index contributed by atoms with van der Waals surface area (Å²) in [6.07, 6.45) is 1.86. The van der Waals surface area contributed by atoms with Crippen LogP contribution in [-0.4, -0.2) is 15.1 Å². The van der Waals surface area contributed by atoms with E-state index in [4.69, 9.17) is 9.97 Å². The molecule has 0 aliphatic heterocycles. The fourth-order valence-electron chi connectivity index (χ4n) is 5.87. The summed E-state index contributed by atoms with van der Waals surface area (Å²) in [6, 6.07) is 45.1. The number of para-hydroxylation sites is 1. The first-order chi connectivity index (χ1) is 18.8. The van der Waals surface area contributed by atoms with Gasteiger partial charge in [-0.3, -0.25) is 9.97 Å². The van der Waals surface area contributed by atoms with E-state index in [1.807, 2.05) is 54.7 Å². The van der Waals surface area contributed by atoms with Crippen molar-refractivity contribution in [2.75, 3.05) is 0 Å². The molecule has 3 heteroatoms. The van der Waals surface area contributed by atoms with E-state index in [1.54, 1.807) is 6.07 Å². The summed E-state index contributed by atoms with van der Waals surface area (Å²) in [5, 5.41) is 10.4. The molecule has 1 aliphatic rings. The van der Waals surface area contributed by atoms with Gasteiger partial charge in [-0.25, -0.2) is 0 Å². The van der Waals surface area contributed by atoms with Crippen LogP contribution >= 0.6 is 0 Å². The molecule has 38 heavy (non-hydrogen) atoms. The molecule has 1 aliphatic carbocycles. The van der Waals surface area contributed by atoms with Gasteiger partial charge in [0.2, 0.25) is 0 Å². The quantitative estimate of drug-likeness (QED) is 0.274. The molecule has 1 N–H and O–H groups in total. The van der Waals surface area contributed by atoms with Crippen molar-refractivity contribution in [3.05, 3.63) is 162 Å². The lowest BCUT2D eigenvalue weighted by molar-refractivity contribution is 0.477. The molecule has 180 valence electrons. The van der Waals surface area contributed by atoms with E-state index in [9.17, 15) is 5.11 Å². The molecule has 7 rings (SSSR count). The highest BCUT2D eigenvalue weighted by Crippen LogP contribution is 2.55. The first-order valence-electron chi connectivity index (χ1n) is 12.7. The van der Waals surface area contributed by atoms with Crippen LogP contribution in [0.3, 0.4) is 0 Å². The molecule has 2 aromatic heterocycles. The highest BCUT2D eigenvalue weighted by Gasteiger charge is 2.48. The summed E-state index contributed by atoms with van der Waals surface area (Å²) in [7, 11) is 0. The van der Waals surface area contributed by atoms with Gasteiger partial charge < -0.3 is 5.11 Å². The Morgan fingerprint density at radius 3 is 1.82 bits per heavy atom. The van der Waals surface area contributed by atoms with Crippen LogP contribution in [0.4, 0.5) is 0 Å². The molecule has 0 atom stereocenters. The Morgan fingerprint density at radius 2 is 1.11 bits per heavy atom. The summed E-state index contributed by atoms with van der Waals surface area (Å²) in [5.41, 5.74) is 9.65. The molecule has 0 spiro atoms. The maximum atomic E-state index is 10.4. The van der Waals surface area contributed by atoms with Crippen molar-refractivity contribution in [1.29, 1.82) is 0 Å². The van der Waals surface area contributed by atoms with E-state index in [1.165, 1.54) is 22.3 Å². The van der Waals surface area contributed by atoms with Crippen molar-refractivity contribution in [3.63, 3.8) is 0 Å². The number of benzene rings is 4. The van der Waals surface area contributed by atoms with Gasteiger partial charge in [0.25, 0.3) is 0 Å². The molecule has 0 saturated carbocycles. The highest BCUT2D eigenvalue weighted by molar-refractivity contribution is 5.85. The monoisotopic (exact) mass is 488 g/mol. The second-order valence-corrected chi connectivity index (χ2v) is 9.56. The van der Waals surface area contributed by atoms with E-state index < -0.39 is 5.41 Å². The molecule has 6 aromatic rings. The fraction of sp³-hybridized carbons (Fsp3) is 0.0286. The minimum Gasteiger partial charge on any atom is -0.507 e. The number of hydrogen-bond acceptors (Lipinski definition) is 3. The zero-order chi connectivity index (χ0) is 25.5. The third kappa shape index (κ3) is 3.29. The van der Waals surface area contributed by atoms with Crippen molar-refractivity contribution in [2.24, 2.45) is 0 Å². The minimum absolute atomic E-state index is 0.264. The average Bonchev–Trinajstić information content (AvgIpc) is 3.29. The van der Waals surface area contributed by atoms with Gasteiger partial charge in [-0.05, 0) is 64.2 Å². The number of aromatic hydroxyl groups is 1. The lowest BCUT2D eigenvalue weighted by atomic mass is 9.72. The number of rotatable bonds is 4. The predicted molar refractivity (Wildman–Crippen MR) is 152 cm³/mol. The van der Waals surface area contributed by atoms with Crippen LogP contribution in [0.25, 0.3) is 33.5 Å². The van der Waals surface area contributed by atoms with Gasteiger partial charge in [0.15, 0.2) is 0 Å². The van der Waals surface area contributed by atoms with E-state index in [0.717, 1.165) is 33.8 Å². The Kier molecular flexibility index (Phi) is 5.15. The zero-order valence-corrected chi connectivity index (χ0v) is 20.6. The van der Waals surface area contributed by atoms with Crippen molar-refractivity contribution in [3.8, 4) is 39.3 Å². The van der Waals surface area contributed by atoms with Crippen molar-refractivity contribution < 1.29 is 5.11 Å². The Labute approximate surface area is 221 Å². The molecule has 0 unspecified atom stereocenters. The topological polar surface area (TPSA) is 46.0 Å². The van der Waals surface area contributed by atoms with Gasteiger partial charge in [0.1, 0.15) is 11.2 Å².